The lowest BCUT2D eigenvalue weighted by Crippen LogP contribution is -2.07. The maximum absolute atomic E-state index is 12.3. The number of rotatable bonds is 5. The van der Waals surface area contributed by atoms with E-state index < -0.39 is 5.97 Å². The van der Waals surface area contributed by atoms with E-state index in [1.807, 2.05) is 36.0 Å². The molecule has 4 rings (SSSR count). The van der Waals surface area contributed by atoms with Crippen molar-refractivity contribution in [3.8, 4) is 10.6 Å². The Morgan fingerprint density at radius 3 is 3.00 bits per heavy atom. The van der Waals surface area contributed by atoms with Gasteiger partial charge in [0.2, 0.25) is 0 Å². The van der Waals surface area contributed by atoms with Crippen molar-refractivity contribution >= 4 is 28.3 Å². The predicted octanol–water partition coefficient (Wildman–Crippen LogP) is 4.09. The number of hydrogen-bond acceptors (Lipinski definition) is 7. The average Bonchev–Trinajstić information content (AvgIpc) is 3.38. The van der Waals surface area contributed by atoms with Crippen molar-refractivity contribution in [2.75, 3.05) is 0 Å². The second kappa shape index (κ2) is 6.72. The van der Waals surface area contributed by atoms with E-state index in [0.717, 1.165) is 15.9 Å². The van der Waals surface area contributed by atoms with Crippen molar-refractivity contribution in [3.05, 3.63) is 53.3 Å². The fourth-order valence-corrected chi connectivity index (χ4v) is 3.24. The number of carbonyl (C=O) groups is 1. The van der Waals surface area contributed by atoms with E-state index in [9.17, 15) is 4.79 Å². The van der Waals surface area contributed by atoms with E-state index in [0.29, 0.717) is 17.0 Å². The third-order valence-corrected chi connectivity index (χ3v) is 4.72. The van der Waals surface area contributed by atoms with Crippen LogP contribution in [0.2, 0.25) is 0 Å². The molecule has 0 aromatic carbocycles. The first-order valence-corrected chi connectivity index (χ1v) is 8.99. The van der Waals surface area contributed by atoms with Gasteiger partial charge in [-0.3, -0.25) is 0 Å². The molecule has 0 saturated heterocycles. The van der Waals surface area contributed by atoms with Gasteiger partial charge in [-0.15, -0.1) is 11.3 Å². The second-order valence-electron chi connectivity index (χ2n) is 6.06. The molecule has 0 aliphatic heterocycles. The number of ether oxygens (including phenoxy) is 1. The molecule has 0 fully saturated rings. The molecule has 0 bridgehead atoms. The van der Waals surface area contributed by atoms with Gasteiger partial charge in [-0.2, -0.15) is 5.10 Å². The minimum atomic E-state index is -0.461. The highest BCUT2D eigenvalue weighted by Crippen LogP contribution is 2.25. The lowest BCUT2D eigenvalue weighted by Gasteiger charge is -2.06. The van der Waals surface area contributed by atoms with Gasteiger partial charge in [0, 0.05) is 23.7 Å². The summed E-state index contributed by atoms with van der Waals surface area (Å²) >= 11 is 1.56. The van der Waals surface area contributed by atoms with Gasteiger partial charge in [-0.25, -0.2) is 14.5 Å². The Labute approximate surface area is 153 Å². The standard InChI is InChI=1S/C18H16N4O3S/c1-11(2)22-17-12(9-20-22)6-13(8-19-17)18(23)24-10-14-7-15(25-21-14)16-4-3-5-26-16/h3-9,11H,10H2,1-2H3. The highest BCUT2D eigenvalue weighted by atomic mass is 32.1. The zero-order chi connectivity index (χ0) is 18.1. The average molecular weight is 368 g/mol. The van der Waals surface area contributed by atoms with Crippen molar-refractivity contribution < 1.29 is 14.1 Å². The molecule has 0 unspecified atom stereocenters. The second-order valence-corrected chi connectivity index (χ2v) is 7.00. The van der Waals surface area contributed by atoms with Gasteiger partial charge in [0.25, 0.3) is 0 Å². The van der Waals surface area contributed by atoms with E-state index in [4.69, 9.17) is 9.26 Å². The molecule has 0 aliphatic rings. The van der Waals surface area contributed by atoms with Gasteiger partial charge < -0.3 is 9.26 Å². The minimum absolute atomic E-state index is 0.0387. The molecule has 0 N–H and O–H groups in total. The van der Waals surface area contributed by atoms with E-state index in [2.05, 4.69) is 15.2 Å². The quantitative estimate of drug-likeness (QED) is 0.494. The predicted molar refractivity (Wildman–Crippen MR) is 96.8 cm³/mol. The number of fused-ring (bicyclic) bond motifs is 1. The molecule has 8 heteroatoms. The van der Waals surface area contributed by atoms with Crippen LogP contribution in [0.5, 0.6) is 0 Å². The summed E-state index contributed by atoms with van der Waals surface area (Å²) in [5.74, 6) is 0.201. The number of thiophene rings is 1. The topological polar surface area (TPSA) is 83.0 Å². The molecule has 0 radical (unpaired) electrons. The molecule has 0 atom stereocenters. The maximum Gasteiger partial charge on any atom is 0.340 e. The SMILES string of the molecule is CC(C)n1ncc2cc(C(=O)OCc3cc(-c4cccs4)on3)cnc21. The van der Waals surface area contributed by atoms with Crippen LogP contribution in [0.1, 0.15) is 35.9 Å². The maximum atomic E-state index is 12.3. The van der Waals surface area contributed by atoms with Crippen LogP contribution in [0.3, 0.4) is 0 Å². The van der Waals surface area contributed by atoms with E-state index in [1.54, 1.807) is 29.7 Å². The molecule has 4 aromatic rings. The van der Waals surface area contributed by atoms with Crippen LogP contribution in [0.4, 0.5) is 0 Å². The van der Waals surface area contributed by atoms with E-state index in [1.165, 1.54) is 6.20 Å². The number of pyridine rings is 1. The molecule has 7 nitrogen and oxygen atoms in total. The zero-order valence-electron chi connectivity index (χ0n) is 14.2. The third kappa shape index (κ3) is 3.11. The first-order valence-electron chi connectivity index (χ1n) is 8.11. The fourth-order valence-electron chi connectivity index (χ4n) is 2.57. The first-order chi connectivity index (χ1) is 12.6. The summed E-state index contributed by atoms with van der Waals surface area (Å²) in [7, 11) is 0. The lowest BCUT2D eigenvalue weighted by molar-refractivity contribution is 0.0464. The summed E-state index contributed by atoms with van der Waals surface area (Å²) in [5.41, 5.74) is 1.68. The van der Waals surface area contributed by atoms with E-state index >= 15 is 0 Å². The molecule has 0 saturated carbocycles. The summed E-state index contributed by atoms with van der Waals surface area (Å²) in [5, 5.41) is 11.0. The largest absolute Gasteiger partial charge is 0.455 e. The van der Waals surface area contributed by atoms with Crippen molar-refractivity contribution in [1.82, 2.24) is 19.9 Å². The normalized spacial score (nSPS) is 11.3. The monoisotopic (exact) mass is 368 g/mol. The van der Waals surface area contributed by atoms with Crippen molar-refractivity contribution in [2.24, 2.45) is 0 Å². The Morgan fingerprint density at radius 1 is 1.35 bits per heavy atom. The summed E-state index contributed by atoms with van der Waals surface area (Å²) in [4.78, 5) is 17.6. The van der Waals surface area contributed by atoms with Crippen LogP contribution in [0.25, 0.3) is 21.7 Å². The molecular formula is C18H16N4O3S. The van der Waals surface area contributed by atoms with Crippen LogP contribution < -0.4 is 0 Å². The Kier molecular flexibility index (Phi) is 4.26. The van der Waals surface area contributed by atoms with Gasteiger partial charge in [-0.1, -0.05) is 11.2 Å². The highest BCUT2D eigenvalue weighted by molar-refractivity contribution is 7.13. The minimum Gasteiger partial charge on any atom is -0.455 e. The van der Waals surface area contributed by atoms with Crippen LogP contribution in [0.15, 0.2) is 46.6 Å². The molecule has 0 aliphatic carbocycles. The van der Waals surface area contributed by atoms with E-state index in [-0.39, 0.29) is 12.6 Å². The van der Waals surface area contributed by atoms with Crippen LogP contribution in [-0.4, -0.2) is 25.9 Å². The molecule has 4 heterocycles. The molecular weight excluding hydrogens is 352 g/mol. The molecule has 132 valence electrons. The third-order valence-electron chi connectivity index (χ3n) is 3.83. The Bertz CT molecular complexity index is 1050. The van der Waals surface area contributed by atoms with Gasteiger partial charge in [0.15, 0.2) is 11.4 Å². The van der Waals surface area contributed by atoms with Gasteiger partial charge in [-0.05, 0) is 31.4 Å². The summed E-state index contributed by atoms with van der Waals surface area (Å²) < 4.78 is 12.4. The van der Waals surface area contributed by atoms with Crippen LogP contribution in [0, 0.1) is 0 Å². The van der Waals surface area contributed by atoms with Gasteiger partial charge in [0.1, 0.15) is 12.3 Å². The number of esters is 1. The Morgan fingerprint density at radius 2 is 2.23 bits per heavy atom. The number of nitrogens with zero attached hydrogens (tertiary/aromatic N) is 4. The molecule has 0 amide bonds. The number of aromatic nitrogens is 4. The van der Waals surface area contributed by atoms with Crippen molar-refractivity contribution in [2.45, 2.75) is 26.5 Å². The fraction of sp³-hybridized carbons (Fsp3) is 0.222. The summed E-state index contributed by atoms with van der Waals surface area (Å²) in [6.45, 7) is 4.09. The van der Waals surface area contributed by atoms with Crippen LogP contribution in [-0.2, 0) is 11.3 Å². The Balaban J connectivity index is 1.46. The van der Waals surface area contributed by atoms with Gasteiger partial charge in [0.05, 0.1) is 16.6 Å². The lowest BCUT2D eigenvalue weighted by atomic mass is 10.2. The van der Waals surface area contributed by atoms with Crippen molar-refractivity contribution in [3.63, 3.8) is 0 Å². The summed E-state index contributed by atoms with van der Waals surface area (Å²) in [6, 6.07) is 7.58. The number of carbonyl (C=O) groups excluding carboxylic acids is 1. The molecule has 26 heavy (non-hydrogen) atoms. The highest BCUT2D eigenvalue weighted by Gasteiger charge is 2.14. The van der Waals surface area contributed by atoms with Gasteiger partial charge >= 0.3 is 5.97 Å². The summed E-state index contributed by atoms with van der Waals surface area (Å²) in [6.07, 6.45) is 3.20. The Hall–Kier alpha value is -3.00. The van der Waals surface area contributed by atoms with Crippen molar-refractivity contribution in [1.29, 1.82) is 0 Å². The van der Waals surface area contributed by atoms with Crippen LogP contribution >= 0.6 is 11.3 Å². The zero-order valence-corrected chi connectivity index (χ0v) is 15.1. The first kappa shape index (κ1) is 16.5. The molecule has 4 aromatic heterocycles. The number of hydrogen-bond donors (Lipinski definition) is 0. The smallest absolute Gasteiger partial charge is 0.340 e. The molecule has 0 spiro atoms.